The lowest BCUT2D eigenvalue weighted by Gasteiger charge is -2.24. The molecule has 6 nitrogen and oxygen atoms in total. The van der Waals surface area contributed by atoms with Crippen LogP contribution in [0.15, 0.2) is 18.2 Å². The third-order valence-corrected chi connectivity index (χ3v) is 2.98. The van der Waals surface area contributed by atoms with E-state index in [0.29, 0.717) is 12.2 Å². The van der Waals surface area contributed by atoms with E-state index in [0.717, 1.165) is 0 Å². The number of primary amides is 1. The molecule has 0 aliphatic heterocycles. The van der Waals surface area contributed by atoms with Crippen LogP contribution in [0, 0.1) is 5.82 Å². The summed E-state index contributed by atoms with van der Waals surface area (Å²) in [7, 11) is 0. The Morgan fingerprint density at radius 1 is 1.38 bits per heavy atom. The second kappa shape index (κ2) is 7.58. The van der Waals surface area contributed by atoms with E-state index >= 15 is 0 Å². The largest absolute Gasteiger partial charge is 0.399 e. The molecule has 0 atom stereocenters. The highest BCUT2D eigenvalue weighted by atomic mass is 19.1. The summed E-state index contributed by atoms with van der Waals surface area (Å²) < 4.78 is 13.5. The molecular formula is C14H21FN4O2. The Labute approximate surface area is 123 Å². The van der Waals surface area contributed by atoms with Crippen molar-refractivity contribution in [1.82, 2.24) is 4.90 Å². The van der Waals surface area contributed by atoms with Crippen molar-refractivity contribution in [2.24, 2.45) is 5.73 Å². The molecule has 0 fully saturated rings. The fraction of sp³-hybridized carbons (Fsp3) is 0.429. The maximum Gasteiger partial charge on any atom is 0.231 e. The van der Waals surface area contributed by atoms with Gasteiger partial charge in [-0.1, -0.05) is 0 Å². The van der Waals surface area contributed by atoms with Crippen LogP contribution in [0.4, 0.5) is 15.8 Å². The normalized spacial score (nSPS) is 10.9. The van der Waals surface area contributed by atoms with Gasteiger partial charge in [-0.15, -0.1) is 0 Å². The number of nitrogens with two attached hydrogens (primary N) is 2. The lowest BCUT2D eigenvalue weighted by molar-refractivity contribution is -0.121. The number of rotatable bonds is 7. The molecule has 0 saturated carbocycles. The molecule has 0 saturated heterocycles. The molecular weight excluding hydrogens is 275 g/mol. The Bertz CT molecular complexity index is 520. The minimum Gasteiger partial charge on any atom is -0.399 e. The van der Waals surface area contributed by atoms with Gasteiger partial charge < -0.3 is 16.8 Å². The number of hydrogen-bond acceptors (Lipinski definition) is 4. The predicted molar refractivity (Wildman–Crippen MR) is 80.0 cm³/mol. The molecule has 5 N–H and O–H groups in total. The Kier molecular flexibility index (Phi) is 6.10. The van der Waals surface area contributed by atoms with Gasteiger partial charge in [0, 0.05) is 24.7 Å². The number of amides is 2. The first-order valence-electron chi connectivity index (χ1n) is 6.67. The van der Waals surface area contributed by atoms with E-state index in [-0.39, 0.29) is 30.6 Å². The van der Waals surface area contributed by atoms with Crippen molar-refractivity contribution in [3.8, 4) is 0 Å². The van der Waals surface area contributed by atoms with Crippen LogP contribution >= 0.6 is 0 Å². The Morgan fingerprint density at radius 2 is 2.05 bits per heavy atom. The van der Waals surface area contributed by atoms with Crippen LogP contribution in [-0.2, 0) is 9.59 Å². The first-order chi connectivity index (χ1) is 9.79. The van der Waals surface area contributed by atoms with Gasteiger partial charge in [-0.3, -0.25) is 14.5 Å². The van der Waals surface area contributed by atoms with Crippen LogP contribution in [0.3, 0.4) is 0 Å². The molecule has 1 aromatic carbocycles. The number of halogens is 1. The Morgan fingerprint density at radius 3 is 2.62 bits per heavy atom. The molecule has 0 aliphatic carbocycles. The van der Waals surface area contributed by atoms with Gasteiger partial charge in [-0.05, 0) is 32.0 Å². The second-order valence-electron chi connectivity index (χ2n) is 5.07. The second-order valence-corrected chi connectivity index (χ2v) is 5.07. The van der Waals surface area contributed by atoms with Crippen LogP contribution < -0.4 is 16.8 Å². The van der Waals surface area contributed by atoms with Crippen molar-refractivity contribution >= 4 is 23.2 Å². The topological polar surface area (TPSA) is 101 Å². The predicted octanol–water partition coefficient (Wildman–Crippen LogP) is 0.932. The fourth-order valence-electron chi connectivity index (χ4n) is 1.82. The molecule has 7 heteroatoms. The van der Waals surface area contributed by atoms with Gasteiger partial charge in [-0.25, -0.2) is 4.39 Å². The van der Waals surface area contributed by atoms with Crippen molar-refractivity contribution in [2.45, 2.75) is 26.3 Å². The molecule has 0 aromatic heterocycles. The molecule has 1 aromatic rings. The van der Waals surface area contributed by atoms with Crippen LogP contribution in [0.1, 0.15) is 20.3 Å². The molecule has 0 aliphatic rings. The van der Waals surface area contributed by atoms with Gasteiger partial charge >= 0.3 is 0 Å². The standard InChI is InChI=1S/C14H21FN4O2/c1-9(2)19(8-13(17)20)6-5-14(21)18-12-7-10(16)3-4-11(12)15/h3-4,7,9H,5-6,8,16H2,1-2H3,(H2,17,20)(H,18,21). The van der Waals surface area contributed by atoms with E-state index in [1.54, 1.807) is 4.90 Å². The van der Waals surface area contributed by atoms with Crippen molar-refractivity contribution in [1.29, 1.82) is 0 Å². The number of hydrogen-bond donors (Lipinski definition) is 3. The maximum absolute atomic E-state index is 13.5. The molecule has 2 amide bonds. The molecule has 21 heavy (non-hydrogen) atoms. The van der Waals surface area contributed by atoms with Crippen LogP contribution in [0.2, 0.25) is 0 Å². The highest BCUT2D eigenvalue weighted by molar-refractivity contribution is 5.91. The van der Waals surface area contributed by atoms with Crippen molar-refractivity contribution in [3.05, 3.63) is 24.0 Å². The zero-order chi connectivity index (χ0) is 16.0. The van der Waals surface area contributed by atoms with Gasteiger partial charge in [0.15, 0.2) is 0 Å². The van der Waals surface area contributed by atoms with E-state index in [4.69, 9.17) is 11.5 Å². The van der Waals surface area contributed by atoms with Crippen LogP contribution in [-0.4, -0.2) is 35.8 Å². The SMILES string of the molecule is CC(C)N(CCC(=O)Nc1cc(N)ccc1F)CC(N)=O. The van der Waals surface area contributed by atoms with Gasteiger partial charge in [-0.2, -0.15) is 0 Å². The van der Waals surface area contributed by atoms with E-state index < -0.39 is 11.7 Å². The van der Waals surface area contributed by atoms with Crippen molar-refractivity contribution in [2.75, 3.05) is 24.1 Å². The lowest BCUT2D eigenvalue weighted by Crippen LogP contribution is -2.40. The number of anilines is 2. The third-order valence-electron chi connectivity index (χ3n) is 2.98. The molecule has 0 heterocycles. The molecule has 0 bridgehead atoms. The van der Waals surface area contributed by atoms with Gasteiger partial charge in [0.25, 0.3) is 0 Å². The summed E-state index contributed by atoms with van der Waals surface area (Å²) in [4.78, 5) is 24.6. The summed E-state index contributed by atoms with van der Waals surface area (Å²) >= 11 is 0. The summed E-state index contributed by atoms with van der Waals surface area (Å²) in [6.07, 6.45) is 0.125. The molecule has 0 spiro atoms. The quantitative estimate of drug-likeness (QED) is 0.651. The average molecular weight is 296 g/mol. The summed E-state index contributed by atoms with van der Waals surface area (Å²) in [5.74, 6) is -1.35. The number of nitrogen functional groups attached to an aromatic ring is 1. The zero-order valence-electron chi connectivity index (χ0n) is 12.2. The number of nitrogens with zero attached hydrogens (tertiary/aromatic N) is 1. The highest BCUT2D eigenvalue weighted by Crippen LogP contribution is 2.17. The zero-order valence-corrected chi connectivity index (χ0v) is 12.2. The fourth-order valence-corrected chi connectivity index (χ4v) is 1.82. The third kappa shape index (κ3) is 5.78. The summed E-state index contributed by atoms with van der Waals surface area (Å²) in [5, 5.41) is 2.46. The van der Waals surface area contributed by atoms with Crippen LogP contribution in [0.5, 0.6) is 0 Å². The van der Waals surface area contributed by atoms with Crippen molar-refractivity contribution in [3.63, 3.8) is 0 Å². The lowest BCUT2D eigenvalue weighted by atomic mass is 10.2. The number of carbonyl (C=O) groups excluding carboxylic acids is 2. The number of benzene rings is 1. The van der Waals surface area contributed by atoms with E-state index in [1.165, 1.54) is 18.2 Å². The Hall–Kier alpha value is -2.15. The number of nitrogens with one attached hydrogen (secondary N) is 1. The maximum atomic E-state index is 13.5. The molecule has 0 unspecified atom stereocenters. The summed E-state index contributed by atoms with van der Waals surface area (Å²) in [5.41, 5.74) is 11.1. The highest BCUT2D eigenvalue weighted by Gasteiger charge is 2.14. The van der Waals surface area contributed by atoms with Crippen LogP contribution in [0.25, 0.3) is 0 Å². The van der Waals surface area contributed by atoms with E-state index in [1.807, 2.05) is 13.8 Å². The molecule has 0 radical (unpaired) electrons. The summed E-state index contributed by atoms with van der Waals surface area (Å²) in [6, 6.07) is 4.04. The monoisotopic (exact) mass is 296 g/mol. The smallest absolute Gasteiger partial charge is 0.231 e. The number of carbonyl (C=O) groups is 2. The first-order valence-corrected chi connectivity index (χ1v) is 6.67. The van der Waals surface area contributed by atoms with Gasteiger partial charge in [0.1, 0.15) is 5.82 Å². The first kappa shape index (κ1) is 16.9. The van der Waals surface area contributed by atoms with E-state index in [2.05, 4.69) is 5.32 Å². The van der Waals surface area contributed by atoms with Gasteiger partial charge in [0.05, 0.1) is 12.2 Å². The van der Waals surface area contributed by atoms with Crippen molar-refractivity contribution < 1.29 is 14.0 Å². The van der Waals surface area contributed by atoms with E-state index in [9.17, 15) is 14.0 Å². The Balaban J connectivity index is 2.56. The minimum atomic E-state index is -0.546. The van der Waals surface area contributed by atoms with Gasteiger partial charge in [0.2, 0.25) is 11.8 Å². The molecule has 1 rings (SSSR count). The summed E-state index contributed by atoms with van der Waals surface area (Å²) in [6.45, 7) is 4.24. The molecule has 116 valence electrons. The minimum absolute atomic E-state index is 0.0472. The average Bonchev–Trinajstić information content (AvgIpc) is 2.38.